The molecule has 2 heteroatoms. The normalized spacial score (nSPS) is 19.2. The van der Waals surface area contributed by atoms with Gasteiger partial charge in [0.2, 0.25) is 0 Å². The minimum atomic E-state index is 0.904. The van der Waals surface area contributed by atoms with Crippen molar-refractivity contribution in [3.63, 3.8) is 0 Å². The molecule has 0 atom stereocenters. The van der Waals surface area contributed by atoms with E-state index < -0.39 is 0 Å². The van der Waals surface area contributed by atoms with Gasteiger partial charge in [-0.15, -0.1) is 6.58 Å². The predicted octanol–water partition coefficient (Wildman–Crippen LogP) is 1.49. The standard InChI is InChI=1S/C11H22N2/c1-3-9-13(4-2)10-11-5-7-12-8-6-11/h3,11-12H,1,4-10H2,2H3. The molecule has 0 aromatic carbocycles. The molecule has 0 aromatic heterocycles. The third-order valence-corrected chi connectivity index (χ3v) is 2.81. The van der Waals surface area contributed by atoms with E-state index in [1.807, 2.05) is 6.08 Å². The quantitative estimate of drug-likeness (QED) is 0.648. The highest BCUT2D eigenvalue weighted by Crippen LogP contribution is 2.12. The van der Waals surface area contributed by atoms with E-state index in [2.05, 4.69) is 23.7 Å². The lowest BCUT2D eigenvalue weighted by atomic mass is 9.97. The Morgan fingerprint density at radius 2 is 2.15 bits per heavy atom. The van der Waals surface area contributed by atoms with Crippen LogP contribution in [0.3, 0.4) is 0 Å². The fourth-order valence-electron chi connectivity index (χ4n) is 1.94. The first-order valence-electron chi connectivity index (χ1n) is 5.40. The van der Waals surface area contributed by atoms with Crippen molar-refractivity contribution in [3.05, 3.63) is 12.7 Å². The van der Waals surface area contributed by atoms with Gasteiger partial charge in [0, 0.05) is 13.1 Å². The lowest BCUT2D eigenvalue weighted by Crippen LogP contribution is -2.36. The second-order valence-electron chi connectivity index (χ2n) is 3.83. The first kappa shape index (κ1) is 10.7. The molecule has 76 valence electrons. The van der Waals surface area contributed by atoms with Gasteiger partial charge in [-0.1, -0.05) is 13.0 Å². The van der Waals surface area contributed by atoms with Crippen molar-refractivity contribution in [2.75, 3.05) is 32.7 Å². The van der Waals surface area contributed by atoms with Gasteiger partial charge in [-0.2, -0.15) is 0 Å². The average molecular weight is 182 g/mol. The summed E-state index contributed by atoms with van der Waals surface area (Å²) in [5.41, 5.74) is 0. The molecule has 1 fully saturated rings. The van der Waals surface area contributed by atoms with Crippen molar-refractivity contribution < 1.29 is 0 Å². The fourth-order valence-corrected chi connectivity index (χ4v) is 1.94. The van der Waals surface area contributed by atoms with Gasteiger partial charge in [-0.25, -0.2) is 0 Å². The summed E-state index contributed by atoms with van der Waals surface area (Å²) in [6.07, 6.45) is 4.69. The molecule has 0 spiro atoms. The number of rotatable bonds is 5. The Balaban J connectivity index is 2.22. The summed E-state index contributed by atoms with van der Waals surface area (Å²) < 4.78 is 0. The summed E-state index contributed by atoms with van der Waals surface area (Å²) in [4.78, 5) is 2.48. The number of likely N-dealkylation sites (N-methyl/N-ethyl adjacent to an activating group) is 1. The Kier molecular flexibility index (Phi) is 5.09. The van der Waals surface area contributed by atoms with Crippen molar-refractivity contribution in [2.45, 2.75) is 19.8 Å². The van der Waals surface area contributed by atoms with Crippen LogP contribution in [0, 0.1) is 5.92 Å². The Morgan fingerprint density at radius 3 is 2.69 bits per heavy atom. The van der Waals surface area contributed by atoms with E-state index in [0.29, 0.717) is 0 Å². The molecule has 1 rings (SSSR count). The molecule has 13 heavy (non-hydrogen) atoms. The van der Waals surface area contributed by atoms with Crippen LogP contribution in [0.2, 0.25) is 0 Å². The van der Waals surface area contributed by atoms with Gasteiger partial charge in [0.1, 0.15) is 0 Å². The van der Waals surface area contributed by atoms with Crippen LogP contribution in [-0.4, -0.2) is 37.6 Å². The number of nitrogens with one attached hydrogen (secondary N) is 1. The van der Waals surface area contributed by atoms with Crippen LogP contribution in [0.25, 0.3) is 0 Å². The van der Waals surface area contributed by atoms with Gasteiger partial charge in [0.15, 0.2) is 0 Å². The SMILES string of the molecule is C=CCN(CC)CC1CCNCC1. The summed E-state index contributed by atoms with van der Waals surface area (Å²) >= 11 is 0. The van der Waals surface area contributed by atoms with E-state index >= 15 is 0 Å². The molecule has 1 aliphatic rings. The summed E-state index contributed by atoms with van der Waals surface area (Å²) in [7, 11) is 0. The Morgan fingerprint density at radius 1 is 1.46 bits per heavy atom. The molecule has 1 saturated heterocycles. The van der Waals surface area contributed by atoms with Crippen LogP contribution in [0.1, 0.15) is 19.8 Å². The van der Waals surface area contributed by atoms with E-state index in [1.54, 1.807) is 0 Å². The average Bonchev–Trinajstić information content (AvgIpc) is 2.19. The van der Waals surface area contributed by atoms with Crippen LogP contribution < -0.4 is 5.32 Å². The maximum Gasteiger partial charge on any atom is 0.0160 e. The van der Waals surface area contributed by atoms with Crippen molar-refractivity contribution in [3.8, 4) is 0 Å². The maximum absolute atomic E-state index is 3.79. The molecule has 0 bridgehead atoms. The van der Waals surface area contributed by atoms with E-state index in [4.69, 9.17) is 0 Å². The molecular weight excluding hydrogens is 160 g/mol. The molecule has 0 aromatic rings. The molecule has 1 aliphatic heterocycles. The summed E-state index contributed by atoms with van der Waals surface area (Å²) in [5, 5.41) is 3.40. The first-order chi connectivity index (χ1) is 6.36. The minimum Gasteiger partial charge on any atom is -0.317 e. The van der Waals surface area contributed by atoms with Crippen molar-refractivity contribution in [1.82, 2.24) is 10.2 Å². The van der Waals surface area contributed by atoms with Crippen LogP contribution in [0.15, 0.2) is 12.7 Å². The minimum absolute atomic E-state index is 0.904. The number of hydrogen-bond donors (Lipinski definition) is 1. The third-order valence-electron chi connectivity index (χ3n) is 2.81. The van der Waals surface area contributed by atoms with Gasteiger partial charge in [0.05, 0.1) is 0 Å². The van der Waals surface area contributed by atoms with E-state index in [-0.39, 0.29) is 0 Å². The smallest absolute Gasteiger partial charge is 0.0160 e. The second kappa shape index (κ2) is 6.17. The van der Waals surface area contributed by atoms with Gasteiger partial charge in [0.25, 0.3) is 0 Å². The fraction of sp³-hybridized carbons (Fsp3) is 0.818. The van der Waals surface area contributed by atoms with E-state index in [0.717, 1.165) is 19.0 Å². The van der Waals surface area contributed by atoms with Gasteiger partial charge >= 0.3 is 0 Å². The summed E-state index contributed by atoms with van der Waals surface area (Å²) in [6, 6.07) is 0. The summed E-state index contributed by atoms with van der Waals surface area (Å²) in [6.45, 7) is 11.9. The molecule has 0 unspecified atom stereocenters. The molecule has 0 saturated carbocycles. The predicted molar refractivity (Wildman–Crippen MR) is 57.9 cm³/mol. The molecule has 0 radical (unpaired) electrons. The second-order valence-corrected chi connectivity index (χ2v) is 3.83. The van der Waals surface area contributed by atoms with Gasteiger partial charge in [-0.3, -0.25) is 4.90 Å². The monoisotopic (exact) mass is 182 g/mol. The number of piperidine rings is 1. The van der Waals surface area contributed by atoms with Gasteiger partial charge in [-0.05, 0) is 38.4 Å². The van der Waals surface area contributed by atoms with Gasteiger partial charge < -0.3 is 5.32 Å². The zero-order chi connectivity index (χ0) is 9.52. The highest BCUT2D eigenvalue weighted by atomic mass is 15.1. The highest BCUT2D eigenvalue weighted by Gasteiger charge is 2.14. The van der Waals surface area contributed by atoms with Crippen molar-refractivity contribution in [2.24, 2.45) is 5.92 Å². The van der Waals surface area contributed by atoms with Crippen LogP contribution in [0.5, 0.6) is 0 Å². The summed E-state index contributed by atoms with van der Waals surface area (Å²) in [5.74, 6) is 0.904. The lowest BCUT2D eigenvalue weighted by molar-refractivity contribution is 0.230. The van der Waals surface area contributed by atoms with E-state index in [1.165, 1.54) is 32.5 Å². The molecule has 1 heterocycles. The maximum atomic E-state index is 3.79. The molecular formula is C11H22N2. The first-order valence-corrected chi connectivity index (χ1v) is 5.40. The number of nitrogens with zero attached hydrogens (tertiary/aromatic N) is 1. The molecule has 0 aliphatic carbocycles. The molecule has 2 nitrogen and oxygen atoms in total. The van der Waals surface area contributed by atoms with E-state index in [9.17, 15) is 0 Å². The zero-order valence-corrected chi connectivity index (χ0v) is 8.76. The third kappa shape index (κ3) is 3.92. The highest BCUT2D eigenvalue weighted by molar-refractivity contribution is 4.77. The number of hydrogen-bond acceptors (Lipinski definition) is 2. The van der Waals surface area contributed by atoms with Crippen molar-refractivity contribution >= 4 is 0 Å². The van der Waals surface area contributed by atoms with Crippen LogP contribution in [0.4, 0.5) is 0 Å². The van der Waals surface area contributed by atoms with Crippen LogP contribution in [-0.2, 0) is 0 Å². The molecule has 0 amide bonds. The van der Waals surface area contributed by atoms with Crippen molar-refractivity contribution in [1.29, 1.82) is 0 Å². The lowest BCUT2D eigenvalue weighted by Gasteiger charge is -2.28. The Labute approximate surface area is 82.0 Å². The topological polar surface area (TPSA) is 15.3 Å². The Hall–Kier alpha value is -0.340. The Bertz CT molecular complexity index is 139. The largest absolute Gasteiger partial charge is 0.317 e. The molecule has 1 N–H and O–H groups in total. The van der Waals surface area contributed by atoms with Crippen LogP contribution >= 0.6 is 0 Å². The zero-order valence-electron chi connectivity index (χ0n) is 8.76.